The summed E-state index contributed by atoms with van der Waals surface area (Å²) >= 11 is 1.43. The van der Waals surface area contributed by atoms with Crippen molar-refractivity contribution in [1.82, 2.24) is 19.8 Å². The first kappa shape index (κ1) is 17.3. The number of aromatic nitrogens is 4. The maximum atomic E-state index is 5.81. The Morgan fingerprint density at radius 3 is 2.56 bits per heavy atom. The molecule has 0 radical (unpaired) electrons. The Morgan fingerprint density at radius 2 is 1.81 bits per heavy atom. The van der Waals surface area contributed by atoms with Crippen molar-refractivity contribution in [3.8, 4) is 27.8 Å². The summed E-state index contributed by atoms with van der Waals surface area (Å²) in [4.78, 5) is 0.692. The lowest BCUT2D eigenvalue weighted by atomic mass is 10.2. The number of hydrogen-bond donors (Lipinski definition) is 0. The first-order chi connectivity index (χ1) is 13.2. The number of ether oxygens (including phenoxy) is 3. The molecule has 4 aromatic rings. The van der Waals surface area contributed by atoms with Crippen LogP contribution in [0.2, 0.25) is 0 Å². The van der Waals surface area contributed by atoms with Crippen LogP contribution in [0, 0.1) is 6.92 Å². The third kappa shape index (κ3) is 3.31. The minimum absolute atomic E-state index is 0.280. The van der Waals surface area contributed by atoms with Crippen LogP contribution in [0.4, 0.5) is 0 Å². The SMILES string of the molecule is COc1cccc(-c2nn3c(COc4ccc(C)cc4)nnc3s2)c1OC. The largest absolute Gasteiger partial charge is 0.493 e. The van der Waals surface area contributed by atoms with Gasteiger partial charge in [-0.3, -0.25) is 0 Å². The Bertz CT molecular complexity index is 1070. The predicted octanol–water partition coefficient (Wildman–Crippen LogP) is 3.76. The van der Waals surface area contributed by atoms with Gasteiger partial charge in [-0.05, 0) is 31.2 Å². The van der Waals surface area contributed by atoms with Gasteiger partial charge in [0.15, 0.2) is 22.3 Å². The molecule has 4 rings (SSSR count). The van der Waals surface area contributed by atoms with Crippen LogP contribution in [0.15, 0.2) is 42.5 Å². The fourth-order valence-electron chi connectivity index (χ4n) is 2.69. The highest BCUT2D eigenvalue weighted by Crippen LogP contribution is 2.39. The van der Waals surface area contributed by atoms with Gasteiger partial charge >= 0.3 is 0 Å². The molecule has 0 amide bonds. The molecule has 0 saturated heterocycles. The number of rotatable bonds is 6. The second kappa shape index (κ2) is 7.24. The number of benzene rings is 2. The Labute approximate surface area is 160 Å². The predicted molar refractivity (Wildman–Crippen MR) is 103 cm³/mol. The Kier molecular flexibility index (Phi) is 4.64. The summed E-state index contributed by atoms with van der Waals surface area (Å²) in [6.45, 7) is 2.32. The van der Waals surface area contributed by atoms with Crippen LogP contribution in [0.3, 0.4) is 0 Å². The molecule has 2 aromatic heterocycles. The highest BCUT2D eigenvalue weighted by Gasteiger charge is 2.18. The summed E-state index contributed by atoms with van der Waals surface area (Å²) in [5, 5.41) is 13.8. The number of aryl methyl sites for hydroxylation is 1. The summed E-state index contributed by atoms with van der Waals surface area (Å²) in [7, 11) is 3.23. The number of methoxy groups -OCH3 is 2. The van der Waals surface area contributed by atoms with Crippen LogP contribution in [0.1, 0.15) is 11.4 Å². The van der Waals surface area contributed by atoms with Gasteiger partial charge in [-0.2, -0.15) is 9.61 Å². The van der Waals surface area contributed by atoms with E-state index < -0.39 is 0 Å². The zero-order valence-electron chi connectivity index (χ0n) is 15.2. The standard InChI is InChI=1S/C19H18N4O3S/c1-12-7-9-13(10-8-12)26-11-16-20-21-19-23(16)22-18(27-19)14-5-4-6-15(24-2)17(14)25-3/h4-10H,11H2,1-3H3. The molecule has 8 heteroatoms. The lowest BCUT2D eigenvalue weighted by Gasteiger charge is -2.10. The van der Waals surface area contributed by atoms with E-state index in [4.69, 9.17) is 14.2 Å². The van der Waals surface area contributed by atoms with Crippen LogP contribution in [-0.4, -0.2) is 34.0 Å². The molecule has 0 saturated carbocycles. The highest BCUT2D eigenvalue weighted by molar-refractivity contribution is 7.19. The van der Waals surface area contributed by atoms with Crippen molar-refractivity contribution in [2.24, 2.45) is 0 Å². The van der Waals surface area contributed by atoms with E-state index in [0.29, 0.717) is 22.3 Å². The van der Waals surface area contributed by atoms with Crippen molar-refractivity contribution in [2.45, 2.75) is 13.5 Å². The van der Waals surface area contributed by atoms with E-state index >= 15 is 0 Å². The van der Waals surface area contributed by atoms with Gasteiger partial charge in [0.05, 0.1) is 19.8 Å². The Hall–Kier alpha value is -3.13. The van der Waals surface area contributed by atoms with Gasteiger partial charge in [0.1, 0.15) is 12.4 Å². The number of para-hydroxylation sites is 1. The van der Waals surface area contributed by atoms with E-state index in [2.05, 4.69) is 15.3 Å². The van der Waals surface area contributed by atoms with Gasteiger partial charge in [0.2, 0.25) is 4.96 Å². The molecule has 2 heterocycles. The lowest BCUT2D eigenvalue weighted by molar-refractivity contribution is 0.292. The molecule has 0 aliphatic rings. The Balaban J connectivity index is 1.63. The Morgan fingerprint density at radius 1 is 1.00 bits per heavy atom. The minimum Gasteiger partial charge on any atom is -0.493 e. The third-order valence-electron chi connectivity index (χ3n) is 4.08. The molecule has 27 heavy (non-hydrogen) atoms. The minimum atomic E-state index is 0.280. The van der Waals surface area contributed by atoms with Crippen LogP contribution in [-0.2, 0) is 6.61 Å². The molecule has 0 N–H and O–H groups in total. The fraction of sp³-hybridized carbons (Fsp3) is 0.211. The van der Waals surface area contributed by atoms with Crippen molar-refractivity contribution in [3.63, 3.8) is 0 Å². The molecule has 0 aliphatic carbocycles. The first-order valence-corrected chi connectivity index (χ1v) is 9.13. The van der Waals surface area contributed by atoms with Crippen LogP contribution >= 0.6 is 11.3 Å². The summed E-state index contributed by atoms with van der Waals surface area (Å²) in [6, 6.07) is 13.6. The van der Waals surface area contributed by atoms with E-state index in [-0.39, 0.29) is 6.61 Å². The second-order valence-electron chi connectivity index (χ2n) is 5.86. The zero-order valence-corrected chi connectivity index (χ0v) is 16.0. The molecular weight excluding hydrogens is 364 g/mol. The van der Waals surface area contributed by atoms with Crippen LogP contribution < -0.4 is 14.2 Å². The fourth-order valence-corrected chi connectivity index (χ4v) is 3.57. The molecular formula is C19H18N4O3S. The summed E-state index contributed by atoms with van der Waals surface area (Å²) in [6.07, 6.45) is 0. The molecule has 0 atom stereocenters. The maximum absolute atomic E-state index is 5.81. The molecule has 7 nitrogen and oxygen atoms in total. The first-order valence-electron chi connectivity index (χ1n) is 8.31. The van der Waals surface area contributed by atoms with Gasteiger partial charge in [0, 0.05) is 0 Å². The summed E-state index contributed by atoms with van der Waals surface area (Å²) in [5.74, 6) is 2.71. The normalized spacial score (nSPS) is 10.9. The van der Waals surface area contributed by atoms with E-state index in [0.717, 1.165) is 16.3 Å². The van der Waals surface area contributed by atoms with Gasteiger partial charge in [0.25, 0.3) is 0 Å². The van der Waals surface area contributed by atoms with E-state index in [1.165, 1.54) is 16.9 Å². The van der Waals surface area contributed by atoms with Crippen molar-refractivity contribution < 1.29 is 14.2 Å². The zero-order chi connectivity index (χ0) is 18.8. The number of fused-ring (bicyclic) bond motifs is 1. The molecule has 0 bridgehead atoms. The van der Waals surface area contributed by atoms with Crippen LogP contribution in [0.25, 0.3) is 15.5 Å². The van der Waals surface area contributed by atoms with E-state index in [9.17, 15) is 0 Å². The highest BCUT2D eigenvalue weighted by atomic mass is 32.1. The van der Waals surface area contributed by atoms with Crippen molar-refractivity contribution >= 4 is 16.3 Å². The number of nitrogens with zero attached hydrogens (tertiary/aromatic N) is 4. The number of hydrogen-bond acceptors (Lipinski definition) is 7. The topological polar surface area (TPSA) is 70.8 Å². The lowest BCUT2D eigenvalue weighted by Crippen LogP contribution is -2.02. The summed E-state index contributed by atoms with van der Waals surface area (Å²) < 4.78 is 18.4. The van der Waals surface area contributed by atoms with Gasteiger partial charge in [-0.25, -0.2) is 0 Å². The molecule has 2 aromatic carbocycles. The monoisotopic (exact) mass is 382 g/mol. The van der Waals surface area contributed by atoms with Gasteiger partial charge in [-0.1, -0.05) is 35.1 Å². The van der Waals surface area contributed by atoms with Crippen molar-refractivity contribution in [2.75, 3.05) is 14.2 Å². The molecule has 0 unspecified atom stereocenters. The maximum Gasteiger partial charge on any atom is 0.235 e. The van der Waals surface area contributed by atoms with Gasteiger partial charge in [-0.15, -0.1) is 10.2 Å². The van der Waals surface area contributed by atoms with E-state index in [1.807, 2.05) is 49.4 Å². The average molecular weight is 382 g/mol. The molecule has 0 spiro atoms. The van der Waals surface area contributed by atoms with Crippen molar-refractivity contribution in [3.05, 3.63) is 53.9 Å². The van der Waals surface area contributed by atoms with Crippen molar-refractivity contribution in [1.29, 1.82) is 0 Å². The second-order valence-corrected chi connectivity index (χ2v) is 6.82. The quantitative estimate of drug-likeness (QED) is 0.506. The molecule has 138 valence electrons. The third-order valence-corrected chi connectivity index (χ3v) is 5.01. The molecule has 0 fully saturated rings. The average Bonchev–Trinajstić information content (AvgIpc) is 3.28. The van der Waals surface area contributed by atoms with E-state index in [1.54, 1.807) is 18.7 Å². The summed E-state index contributed by atoms with van der Waals surface area (Å²) in [5.41, 5.74) is 2.03. The van der Waals surface area contributed by atoms with Crippen LogP contribution in [0.5, 0.6) is 17.2 Å². The molecule has 0 aliphatic heterocycles. The van der Waals surface area contributed by atoms with Gasteiger partial charge < -0.3 is 14.2 Å². The smallest absolute Gasteiger partial charge is 0.235 e.